The average Bonchev–Trinajstić information content (AvgIpc) is 3.42. The van der Waals surface area contributed by atoms with Crippen LogP contribution >= 0.6 is 23.2 Å². The Morgan fingerprint density at radius 1 is 0.868 bits per heavy atom. The molecular formula is C32H28Cl4SiZr. The van der Waals surface area contributed by atoms with Crippen molar-refractivity contribution < 1.29 is 51.0 Å². The van der Waals surface area contributed by atoms with E-state index in [1.807, 2.05) is 12.1 Å². The second kappa shape index (κ2) is 14.5. The number of benzene rings is 4. The molecule has 0 N–H and O–H groups in total. The van der Waals surface area contributed by atoms with Crippen molar-refractivity contribution in [3.05, 3.63) is 122 Å². The smallest absolute Gasteiger partial charge is 1.00 e. The van der Waals surface area contributed by atoms with Gasteiger partial charge in [-0.3, -0.25) is 0 Å². The molecule has 0 spiro atoms. The molecule has 1 unspecified atom stereocenters. The van der Waals surface area contributed by atoms with Gasteiger partial charge in [0.25, 0.3) is 0 Å². The van der Waals surface area contributed by atoms with Gasteiger partial charge < -0.3 is 24.8 Å². The van der Waals surface area contributed by atoms with Crippen molar-refractivity contribution in [1.29, 1.82) is 0 Å². The second-order valence-corrected chi connectivity index (χ2v) is 11.2. The SMILES string of the molecule is CCC1=Cc2c(-c3cc(Cl)cc(Cl)c3)cccc2C1c1[c-]ccc2c1Cc1ccccc1-2.C[SiH]C.[Cl-].[Cl-].[Zr+3]. The van der Waals surface area contributed by atoms with E-state index in [0.29, 0.717) is 10.0 Å². The van der Waals surface area contributed by atoms with E-state index in [-0.39, 0.29) is 56.9 Å². The van der Waals surface area contributed by atoms with Crippen molar-refractivity contribution in [2.24, 2.45) is 0 Å². The second-order valence-electron chi connectivity index (χ2n) is 9.17. The van der Waals surface area contributed by atoms with Crippen LogP contribution in [0.15, 0.2) is 78.4 Å². The van der Waals surface area contributed by atoms with Gasteiger partial charge in [-0.15, -0.1) is 16.7 Å². The minimum absolute atomic E-state index is 0. The predicted octanol–water partition coefficient (Wildman–Crippen LogP) is 3.50. The van der Waals surface area contributed by atoms with Crippen LogP contribution in [0.4, 0.5) is 0 Å². The van der Waals surface area contributed by atoms with E-state index in [1.165, 1.54) is 50.1 Å². The van der Waals surface area contributed by atoms with Crippen molar-refractivity contribution in [1.82, 2.24) is 0 Å². The Balaban J connectivity index is 0.000000809. The summed E-state index contributed by atoms with van der Waals surface area (Å²) in [5.41, 5.74) is 13.1. The molecule has 0 heterocycles. The van der Waals surface area contributed by atoms with Gasteiger partial charge in [0.2, 0.25) is 0 Å². The molecule has 4 aromatic carbocycles. The maximum absolute atomic E-state index is 6.33. The topological polar surface area (TPSA) is 0 Å². The number of hydrogen-bond acceptors (Lipinski definition) is 0. The molecule has 2 aliphatic rings. The Labute approximate surface area is 271 Å². The van der Waals surface area contributed by atoms with E-state index in [1.54, 1.807) is 6.07 Å². The first-order valence-corrected chi connectivity index (χ1v) is 15.3. The minimum atomic E-state index is 0. The standard InChI is InChI=1S/C30H21Cl2.C2H7Si.2ClH.Zr/c1-2-18-15-28-24(20-13-21(31)17-22(32)14-20)9-5-11-26(28)30(18)27-12-6-10-25-23-8-4-3-7-19(23)16-29(25)27;1-3-2;;;/h3-11,13-15,17,30H,2,16H2,1H3;3H,1-2H3;2*1H;/q-1;;;;+3/p-2. The molecular weight excluding hydrogens is 645 g/mol. The van der Waals surface area contributed by atoms with Crippen molar-refractivity contribution in [3.63, 3.8) is 0 Å². The van der Waals surface area contributed by atoms with E-state index in [2.05, 4.69) is 86.8 Å². The Morgan fingerprint density at radius 2 is 1.53 bits per heavy atom. The minimum Gasteiger partial charge on any atom is -1.00 e. The molecule has 6 rings (SSSR count). The fourth-order valence-corrected chi connectivity index (χ4v) is 5.97. The van der Waals surface area contributed by atoms with Crippen LogP contribution in [-0.4, -0.2) is 9.52 Å². The first kappa shape index (κ1) is 33.1. The Kier molecular flexibility index (Phi) is 12.6. The van der Waals surface area contributed by atoms with Crippen LogP contribution in [0.2, 0.25) is 23.1 Å². The number of allylic oxidation sites excluding steroid dienone is 1. The van der Waals surface area contributed by atoms with Gasteiger partial charge in [0, 0.05) is 25.5 Å². The third kappa shape index (κ3) is 6.27. The molecule has 0 aliphatic heterocycles. The monoisotopic (exact) mass is 670 g/mol. The first-order chi connectivity index (χ1) is 17.0. The summed E-state index contributed by atoms with van der Waals surface area (Å²) in [6.07, 6.45) is 4.35. The molecule has 0 bridgehead atoms. The summed E-state index contributed by atoms with van der Waals surface area (Å²) in [6, 6.07) is 29.1. The molecule has 2 radical (unpaired) electrons. The molecule has 6 heteroatoms. The van der Waals surface area contributed by atoms with Gasteiger partial charge in [-0.2, -0.15) is 18.2 Å². The summed E-state index contributed by atoms with van der Waals surface area (Å²) in [6.45, 7) is 6.67. The van der Waals surface area contributed by atoms with E-state index in [4.69, 9.17) is 23.2 Å². The zero-order chi connectivity index (χ0) is 24.5. The van der Waals surface area contributed by atoms with Crippen molar-refractivity contribution in [3.8, 4) is 22.3 Å². The van der Waals surface area contributed by atoms with Crippen molar-refractivity contribution in [2.75, 3.05) is 0 Å². The van der Waals surface area contributed by atoms with Gasteiger partial charge in [0.1, 0.15) is 0 Å². The third-order valence-electron chi connectivity index (χ3n) is 6.84. The maximum Gasteiger partial charge on any atom is 3.00 e. The van der Waals surface area contributed by atoms with Crippen LogP contribution in [0, 0.1) is 6.07 Å². The summed E-state index contributed by atoms with van der Waals surface area (Å²) in [5, 5.41) is 1.32. The number of fused-ring (bicyclic) bond motifs is 4. The summed E-state index contributed by atoms with van der Waals surface area (Å²) >= 11 is 12.7. The maximum atomic E-state index is 6.33. The predicted molar refractivity (Wildman–Crippen MR) is 154 cm³/mol. The summed E-state index contributed by atoms with van der Waals surface area (Å²) < 4.78 is 0. The Hall–Kier alpha value is -1.12. The third-order valence-corrected chi connectivity index (χ3v) is 7.27. The summed E-state index contributed by atoms with van der Waals surface area (Å²) in [7, 11) is 0.750. The molecule has 1 atom stereocenters. The summed E-state index contributed by atoms with van der Waals surface area (Å²) in [4.78, 5) is 0. The van der Waals surface area contributed by atoms with Crippen LogP contribution in [0.5, 0.6) is 0 Å². The molecule has 0 amide bonds. The van der Waals surface area contributed by atoms with E-state index in [9.17, 15) is 0 Å². The zero-order valence-electron chi connectivity index (χ0n) is 21.6. The van der Waals surface area contributed by atoms with Crippen LogP contribution in [0.3, 0.4) is 0 Å². The fourth-order valence-electron chi connectivity index (χ4n) is 5.45. The quantitative estimate of drug-likeness (QED) is 0.204. The number of rotatable bonds is 3. The first-order valence-electron chi connectivity index (χ1n) is 12.2. The molecule has 192 valence electrons. The average molecular weight is 674 g/mol. The molecule has 0 fully saturated rings. The number of halogens is 4. The molecule has 0 aromatic heterocycles. The number of hydrogen-bond donors (Lipinski definition) is 0. The Morgan fingerprint density at radius 3 is 2.21 bits per heavy atom. The Bertz CT molecular complexity index is 1430. The van der Waals surface area contributed by atoms with Crippen molar-refractivity contribution in [2.45, 2.75) is 38.8 Å². The normalized spacial score (nSPS) is 13.8. The molecule has 0 saturated carbocycles. The molecule has 38 heavy (non-hydrogen) atoms. The van der Waals surface area contributed by atoms with Crippen LogP contribution in [-0.2, 0) is 32.6 Å². The van der Waals surface area contributed by atoms with Crippen LogP contribution < -0.4 is 24.8 Å². The van der Waals surface area contributed by atoms with Gasteiger partial charge in [0.15, 0.2) is 0 Å². The summed E-state index contributed by atoms with van der Waals surface area (Å²) in [5.74, 6) is 0.230. The van der Waals surface area contributed by atoms with E-state index < -0.39 is 0 Å². The molecule has 0 saturated heterocycles. The van der Waals surface area contributed by atoms with Crippen molar-refractivity contribution >= 4 is 38.8 Å². The molecule has 2 aliphatic carbocycles. The largest absolute Gasteiger partial charge is 3.00 e. The molecule has 0 nitrogen and oxygen atoms in total. The van der Waals surface area contributed by atoms with Gasteiger partial charge >= 0.3 is 26.2 Å². The van der Waals surface area contributed by atoms with Gasteiger partial charge in [-0.05, 0) is 64.4 Å². The molecule has 4 aromatic rings. The van der Waals surface area contributed by atoms with E-state index >= 15 is 0 Å². The van der Waals surface area contributed by atoms with Gasteiger partial charge in [-0.1, -0.05) is 97.3 Å². The van der Waals surface area contributed by atoms with Crippen LogP contribution in [0.1, 0.15) is 47.1 Å². The van der Waals surface area contributed by atoms with Gasteiger partial charge in [-0.25, -0.2) is 0 Å². The fraction of sp³-hybridized carbons (Fsp3) is 0.188. The zero-order valence-corrected chi connectivity index (χ0v) is 28.2. The van der Waals surface area contributed by atoms with E-state index in [0.717, 1.165) is 27.9 Å². The van der Waals surface area contributed by atoms with Gasteiger partial charge in [0.05, 0.1) is 0 Å². The van der Waals surface area contributed by atoms with Crippen LogP contribution in [0.25, 0.3) is 28.3 Å².